The van der Waals surface area contributed by atoms with Crippen LogP contribution >= 0.6 is 28.1 Å². The third-order valence-corrected chi connectivity index (χ3v) is 4.08. The Labute approximate surface area is 127 Å². The summed E-state index contributed by atoms with van der Waals surface area (Å²) in [5.41, 5.74) is 4.47. The van der Waals surface area contributed by atoms with E-state index in [1.54, 1.807) is 0 Å². The van der Waals surface area contributed by atoms with Crippen LogP contribution in [0.1, 0.15) is 36.6 Å². The molecule has 0 fully saturated rings. The fourth-order valence-corrected chi connectivity index (χ4v) is 3.38. The Kier molecular flexibility index (Phi) is 4.21. The quantitative estimate of drug-likeness (QED) is 0.753. The maximum Gasteiger partial charge on any atom is 0.140 e. The van der Waals surface area contributed by atoms with Crippen molar-refractivity contribution in [3.05, 3.63) is 44.1 Å². The van der Waals surface area contributed by atoms with Crippen LogP contribution in [-0.2, 0) is 0 Å². The van der Waals surface area contributed by atoms with Gasteiger partial charge in [0.25, 0.3) is 0 Å². The van der Waals surface area contributed by atoms with E-state index in [2.05, 4.69) is 71.8 Å². The van der Waals surface area contributed by atoms with Gasteiger partial charge >= 0.3 is 0 Å². The molecule has 2 nitrogen and oxygen atoms in total. The second kappa shape index (κ2) is 5.55. The minimum atomic E-state index is 0.381. The fourth-order valence-electron chi connectivity index (χ4n) is 2.21. The van der Waals surface area contributed by atoms with Gasteiger partial charge < -0.3 is 4.98 Å². The zero-order valence-electron chi connectivity index (χ0n) is 11.5. The zero-order chi connectivity index (χ0) is 14.2. The van der Waals surface area contributed by atoms with Crippen LogP contribution in [0.15, 0.2) is 22.7 Å². The maximum atomic E-state index is 5.43. The maximum absolute atomic E-state index is 5.43. The number of hydrogen-bond acceptors (Lipinski definition) is 2. The number of nitrogens with one attached hydrogen (secondary N) is 1. The van der Waals surface area contributed by atoms with Crippen molar-refractivity contribution in [2.24, 2.45) is 0 Å². The molecule has 1 N–H and O–H groups in total. The van der Waals surface area contributed by atoms with Gasteiger partial charge in [0.05, 0.1) is 0 Å². The summed E-state index contributed by atoms with van der Waals surface area (Å²) in [5, 5.41) is 0. The van der Waals surface area contributed by atoms with Gasteiger partial charge in [-0.3, -0.25) is 0 Å². The second-order valence-electron chi connectivity index (χ2n) is 5.07. The molecule has 0 aliphatic carbocycles. The zero-order valence-corrected chi connectivity index (χ0v) is 13.9. The number of aromatic amines is 1. The van der Waals surface area contributed by atoms with Crippen LogP contribution in [0.4, 0.5) is 0 Å². The molecule has 0 spiro atoms. The molecule has 0 aliphatic heterocycles. The molecule has 19 heavy (non-hydrogen) atoms. The van der Waals surface area contributed by atoms with E-state index >= 15 is 0 Å². The molecule has 4 heteroatoms. The minimum Gasteiger partial charge on any atom is -0.343 e. The summed E-state index contributed by atoms with van der Waals surface area (Å²) in [6.07, 6.45) is 0. The minimum absolute atomic E-state index is 0.381. The van der Waals surface area contributed by atoms with Gasteiger partial charge in [-0.05, 0) is 37.5 Å². The van der Waals surface area contributed by atoms with E-state index in [1.807, 2.05) is 0 Å². The Balaban J connectivity index is 2.62. The van der Waals surface area contributed by atoms with Crippen molar-refractivity contribution in [1.82, 2.24) is 9.97 Å². The van der Waals surface area contributed by atoms with E-state index in [0.717, 1.165) is 27.1 Å². The summed E-state index contributed by atoms with van der Waals surface area (Å²) in [7, 11) is 0. The lowest BCUT2D eigenvalue weighted by Crippen LogP contribution is -2.02. The van der Waals surface area contributed by atoms with Gasteiger partial charge in [-0.2, -0.15) is 0 Å². The standard InChI is InChI=1S/C15H17BrN2S/c1-8(2)13-10(4)17-14(18-15(13)19)11-6-5-9(3)7-12(11)16/h5-8H,1-4H3,(H,17,18,19). The van der Waals surface area contributed by atoms with Crippen molar-refractivity contribution < 1.29 is 0 Å². The van der Waals surface area contributed by atoms with Crippen LogP contribution in [-0.4, -0.2) is 9.97 Å². The van der Waals surface area contributed by atoms with E-state index in [9.17, 15) is 0 Å². The first-order chi connectivity index (χ1) is 8.90. The number of halogens is 1. The summed E-state index contributed by atoms with van der Waals surface area (Å²) >= 11 is 9.01. The summed E-state index contributed by atoms with van der Waals surface area (Å²) in [4.78, 5) is 7.91. The predicted molar refractivity (Wildman–Crippen MR) is 86.1 cm³/mol. The Bertz CT molecular complexity index is 674. The first-order valence-corrected chi connectivity index (χ1v) is 7.47. The average molecular weight is 337 g/mol. The number of hydrogen-bond donors (Lipinski definition) is 1. The number of nitrogens with zero attached hydrogens (tertiary/aromatic N) is 1. The molecular weight excluding hydrogens is 320 g/mol. The SMILES string of the molecule is Cc1ccc(-c2nc(=S)c(C(C)C)c(C)[nH]2)c(Br)c1. The molecule has 0 radical (unpaired) electrons. The van der Waals surface area contributed by atoms with E-state index in [1.165, 1.54) is 5.56 Å². The lowest BCUT2D eigenvalue weighted by molar-refractivity contribution is 0.825. The molecule has 1 aromatic carbocycles. The highest BCUT2D eigenvalue weighted by atomic mass is 79.9. The van der Waals surface area contributed by atoms with Crippen molar-refractivity contribution in [1.29, 1.82) is 0 Å². The molecule has 0 bridgehead atoms. The number of rotatable bonds is 2. The monoisotopic (exact) mass is 336 g/mol. The van der Waals surface area contributed by atoms with Crippen molar-refractivity contribution >= 4 is 28.1 Å². The Morgan fingerprint density at radius 2 is 1.95 bits per heavy atom. The van der Waals surface area contributed by atoms with Gasteiger partial charge in [-0.1, -0.05) is 48.1 Å². The second-order valence-corrected chi connectivity index (χ2v) is 6.31. The topological polar surface area (TPSA) is 28.7 Å². The van der Waals surface area contributed by atoms with E-state index in [0.29, 0.717) is 10.6 Å². The molecule has 0 saturated carbocycles. The molecule has 2 rings (SSSR count). The summed E-state index contributed by atoms with van der Waals surface area (Å²) in [6.45, 7) is 8.39. The molecule has 1 aromatic heterocycles. The Hall–Kier alpha value is -1.00. The molecule has 0 saturated heterocycles. The average Bonchev–Trinajstić information content (AvgIpc) is 2.26. The highest BCUT2D eigenvalue weighted by molar-refractivity contribution is 9.10. The van der Waals surface area contributed by atoms with E-state index < -0.39 is 0 Å². The molecular formula is C15H17BrN2S. The molecule has 0 aliphatic rings. The van der Waals surface area contributed by atoms with Crippen LogP contribution in [0.25, 0.3) is 11.4 Å². The van der Waals surface area contributed by atoms with E-state index in [4.69, 9.17) is 12.2 Å². The van der Waals surface area contributed by atoms with E-state index in [-0.39, 0.29) is 0 Å². The highest BCUT2D eigenvalue weighted by Gasteiger charge is 2.11. The van der Waals surface area contributed by atoms with Gasteiger partial charge in [-0.15, -0.1) is 0 Å². The third kappa shape index (κ3) is 2.95. The highest BCUT2D eigenvalue weighted by Crippen LogP contribution is 2.28. The molecule has 2 aromatic rings. The first kappa shape index (κ1) is 14.4. The van der Waals surface area contributed by atoms with Crippen molar-refractivity contribution in [3.8, 4) is 11.4 Å². The smallest absolute Gasteiger partial charge is 0.140 e. The first-order valence-electron chi connectivity index (χ1n) is 6.27. The lowest BCUT2D eigenvalue weighted by atomic mass is 10.0. The number of H-pyrrole nitrogens is 1. The fraction of sp³-hybridized carbons (Fsp3) is 0.333. The normalized spacial score (nSPS) is 11.1. The molecule has 100 valence electrons. The number of benzene rings is 1. The van der Waals surface area contributed by atoms with Crippen LogP contribution in [0.3, 0.4) is 0 Å². The number of aryl methyl sites for hydroxylation is 2. The van der Waals surface area contributed by atoms with Gasteiger partial charge in [0.15, 0.2) is 0 Å². The lowest BCUT2D eigenvalue weighted by Gasteiger charge is -2.12. The Morgan fingerprint density at radius 1 is 1.26 bits per heavy atom. The van der Waals surface area contributed by atoms with Crippen molar-refractivity contribution in [3.63, 3.8) is 0 Å². The summed E-state index contributed by atoms with van der Waals surface area (Å²) in [5.74, 6) is 1.20. The van der Waals surface area contributed by atoms with Crippen molar-refractivity contribution in [2.45, 2.75) is 33.6 Å². The number of aromatic nitrogens is 2. The van der Waals surface area contributed by atoms with Crippen molar-refractivity contribution in [2.75, 3.05) is 0 Å². The summed E-state index contributed by atoms with van der Waals surface area (Å²) < 4.78 is 1.72. The molecule has 0 amide bonds. The van der Waals surface area contributed by atoms with Crippen LogP contribution in [0.2, 0.25) is 0 Å². The predicted octanol–water partition coefficient (Wildman–Crippen LogP) is 5.31. The van der Waals surface area contributed by atoms with Crippen LogP contribution in [0.5, 0.6) is 0 Å². The van der Waals surface area contributed by atoms with Gasteiger partial charge in [0.2, 0.25) is 0 Å². The van der Waals surface area contributed by atoms with Gasteiger partial charge in [0, 0.05) is 21.3 Å². The molecule has 0 atom stereocenters. The van der Waals surface area contributed by atoms with Gasteiger partial charge in [-0.25, -0.2) is 4.98 Å². The van der Waals surface area contributed by atoms with Crippen LogP contribution in [0, 0.1) is 18.5 Å². The van der Waals surface area contributed by atoms with Crippen LogP contribution < -0.4 is 0 Å². The third-order valence-electron chi connectivity index (χ3n) is 3.11. The Morgan fingerprint density at radius 3 is 2.47 bits per heavy atom. The van der Waals surface area contributed by atoms with Gasteiger partial charge in [0.1, 0.15) is 10.5 Å². The summed E-state index contributed by atoms with van der Waals surface area (Å²) in [6, 6.07) is 6.21. The largest absolute Gasteiger partial charge is 0.343 e. The molecule has 0 unspecified atom stereocenters. The molecule has 1 heterocycles.